The minimum Gasteiger partial charge on any atom is -0.493 e. The van der Waals surface area contributed by atoms with Gasteiger partial charge in [0.1, 0.15) is 12.4 Å². The molecular formula is C23H19ClFN3O4. The molecule has 0 bridgehead atoms. The lowest BCUT2D eigenvalue weighted by molar-refractivity contribution is -0.136. The summed E-state index contributed by atoms with van der Waals surface area (Å²) in [5.41, 5.74) is 3.40. The van der Waals surface area contributed by atoms with E-state index < -0.39 is 17.6 Å². The first kappa shape index (κ1) is 22.8. The summed E-state index contributed by atoms with van der Waals surface area (Å²) in [4.78, 5) is 23.7. The van der Waals surface area contributed by atoms with Gasteiger partial charge in [-0.2, -0.15) is 5.10 Å². The Bertz CT molecular complexity index is 1150. The van der Waals surface area contributed by atoms with Gasteiger partial charge in [0, 0.05) is 10.6 Å². The number of hydrogen-bond acceptors (Lipinski definition) is 5. The minimum atomic E-state index is -1.05. The summed E-state index contributed by atoms with van der Waals surface area (Å²) >= 11 is 6.14. The number of para-hydroxylation sites is 1. The zero-order chi connectivity index (χ0) is 22.9. The highest BCUT2D eigenvalue weighted by atomic mass is 35.5. The summed E-state index contributed by atoms with van der Waals surface area (Å²) in [5.74, 6) is -1.80. The Hall–Kier alpha value is -3.91. The highest BCUT2D eigenvalue weighted by Gasteiger charge is 2.14. The van der Waals surface area contributed by atoms with Crippen molar-refractivity contribution in [2.75, 3.05) is 12.4 Å². The van der Waals surface area contributed by atoms with Gasteiger partial charge in [0.2, 0.25) is 0 Å². The monoisotopic (exact) mass is 455 g/mol. The summed E-state index contributed by atoms with van der Waals surface area (Å²) in [5, 5.41) is 6.52. The number of hydrazone groups is 1. The number of nitrogens with zero attached hydrogens (tertiary/aromatic N) is 1. The van der Waals surface area contributed by atoms with Gasteiger partial charge in [-0.1, -0.05) is 41.9 Å². The Labute approximate surface area is 188 Å². The molecule has 3 aromatic carbocycles. The highest BCUT2D eigenvalue weighted by Crippen LogP contribution is 2.29. The first-order chi connectivity index (χ1) is 15.5. The molecule has 0 heterocycles. The second-order valence-electron chi connectivity index (χ2n) is 6.42. The highest BCUT2D eigenvalue weighted by molar-refractivity contribution is 6.39. The predicted molar refractivity (Wildman–Crippen MR) is 120 cm³/mol. The average Bonchev–Trinajstić information content (AvgIpc) is 2.80. The molecule has 3 rings (SSSR count). The van der Waals surface area contributed by atoms with E-state index in [0.717, 1.165) is 5.56 Å². The molecule has 0 saturated carbocycles. The van der Waals surface area contributed by atoms with Crippen molar-refractivity contribution in [1.82, 2.24) is 5.43 Å². The van der Waals surface area contributed by atoms with E-state index in [9.17, 15) is 14.0 Å². The van der Waals surface area contributed by atoms with E-state index in [1.807, 2.05) is 18.2 Å². The summed E-state index contributed by atoms with van der Waals surface area (Å²) in [6.07, 6.45) is 1.33. The quantitative estimate of drug-likeness (QED) is 0.318. The van der Waals surface area contributed by atoms with E-state index in [4.69, 9.17) is 21.1 Å². The fourth-order valence-corrected chi connectivity index (χ4v) is 2.80. The number of carbonyl (C=O) groups excluding carboxylic acids is 2. The zero-order valence-electron chi connectivity index (χ0n) is 17.0. The maximum absolute atomic E-state index is 13.6. The Kier molecular flexibility index (Phi) is 7.77. The Balaban J connectivity index is 1.58. The third-order valence-corrected chi connectivity index (χ3v) is 4.61. The number of carbonyl (C=O) groups is 2. The van der Waals surface area contributed by atoms with Crippen LogP contribution in [-0.2, 0) is 16.2 Å². The van der Waals surface area contributed by atoms with E-state index in [0.29, 0.717) is 22.1 Å². The predicted octanol–water partition coefficient (Wildman–Crippen LogP) is 4.16. The smallest absolute Gasteiger partial charge is 0.329 e. The molecule has 0 aliphatic carbocycles. The van der Waals surface area contributed by atoms with Crippen LogP contribution in [0.25, 0.3) is 0 Å². The molecule has 164 valence electrons. The van der Waals surface area contributed by atoms with Crippen LogP contribution < -0.4 is 20.2 Å². The standard InChI is InChI=1S/C23H19ClFN3O4/c1-31-21-12-15(10-11-20(21)32-14-16-6-2-3-7-17(16)24)13-26-28-23(30)22(29)27-19-9-5-4-8-18(19)25/h2-13H,14H2,1H3,(H,27,29)(H,28,30)/b26-13+. The van der Waals surface area contributed by atoms with Gasteiger partial charge in [0.05, 0.1) is 19.0 Å². The van der Waals surface area contributed by atoms with Crippen LogP contribution in [0, 0.1) is 5.82 Å². The lowest BCUT2D eigenvalue weighted by atomic mass is 10.2. The molecule has 0 atom stereocenters. The largest absolute Gasteiger partial charge is 0.493 e. The third-order valence-electron chi connectivity index (χ3n) is 4.24. The molecule has 0 aliphatic heterocycles. The summed E-state index contributed by atoms with van der Waals surface area (Å²) in [7, 11) is 1.49. The van der Waals surface area contributed by atoms with Crippen molar-refractivity contribution < 1.29 is 23.5 Å². The maximum atomic E-state index is 13.6. The van der Waals surface area contributed by atoms with Gasteiger partial charge in [-0.15, -0.1) is 0 Å². The van der Waals surface area contributed by atoms with Gasteiger partial charge in [-0.05, 0) is 42.0 Å². The molecule has 0 aliphatic rings. The van der Waals surface area contributed by atoms with Gasteiger partial charge >= 0.3 is 11.8 Å². The number of anilines is 1. The number of hydrogen-bond donors (Lipinski definition) is 2. The van der Waals surface area contributed by atoms with Crippen LogP contribution in [0.3, 0.4) is 0 Å². The van der Waals surface area contributed by atoms with E-state index in [2.05, 4.69) is 15.8 Å². The second kappa shape index (κ2) is 10.9. The van der Waals surface area contributed by atoms with Crippen LogP contribution in [0.4, 0.5) is 10.1 Å². The van der Waals surface area contributed by atoms with Crippen LogP contribution in [0.1, 0.15) is 11.1 Å². The van der Waals surface area contributed by atoms with Crippen molar-refractivity contribution in [2.24, 2.45) is 5.10 Å². The first-order valence-electron chi connectivity index (χ1n) is 9.41. The van der Waals surface area contributed by atoms with Crippen molar-refractivity contribution >= 4 is 35.3 Å². The number of rotatable bonds is 7. The van der Waals surface area contributed by atoms with Crippen molar-refractivity contribution in [3.63, 3.8) is 0 Å². The maximum Gasteiger partial charge on any atom is 0.329 e. The van der Waals surface area contributed by atoms with E-state index >= 15 is 0 Å². The van der Waals surface area contributed by atoms with Gasteiger partial charge in [0.25, 0.3) is 0 Å². The Morgan fingerprint density at radius 3 is 2.53 bits per heavy atom. The van der Waals surface area contributed by atoms with Crippen LogP contribution >= 0.6 is 11.6 Å². The molecule has 32 heavy (non-hydrogen) atoms. The Morgan fingerprint density at radius 2 is 1.78 bits per heavy atom. The zero-order valence-corrected chi connectivity index (χ0v) is 17.7. The third kappa shape index (κ3) is 6.05. The molecule has 0 spiro atoms. The first-order valence-corrected chi connectivity index (χ1v) is 9.79. The van der Waals surface area contributed by atoms with Crippen molar-refractivity contribution in [3.8, 4) is 11.5 Å². The van der Waals surface area contributed by atoms with Gasteiger partial charge in [-0.25, -0.2) is 9.82 Å². The van der Waals surface area contributed by atoms with Crippen LogP contribution in [0.2, 0.25) is 5.02 Å². The van der Waals surface area contributed by atoms with Crippen LogP contribution in [0.15, 0.2) is 71.8 Å². The summed E-state index contributed by atoms with van der Waals surface area (Å²) < 4.78 is 24.7. The van der Waals surface area contributed by atoms with Gasteiger partial charge in [-0.3, -0.25) is 9.59 Å². The number of amides is 2. The van der Waals surface area contributed by atoms with Gasteiger partial charge < -0.3 is 14.8 Å². The minimum absolute atomic E-state index is 0.103. The van der Waals surface area contributed by atoms with E-state index in [1.165, 1.54) is 37.6 Å². The molecule has 3 aromatic rings. The molecule has 0 fully saturated rings. The molecule has 9 heteroatoms. The molecular weight excluding hydrogens is 437 g/mol. The molecule has 2 amide bonds. The summed E-state index contributed by atoms with van der Waals surface area (Å²) in [6.45, 7) is 0.261. The number of ether oxygens (including phenoxy) is 2. The average molecular weight is 456 g/mol. The SMILES string of the molecule is COc1cc(/C=N/NC(=O)C(=O)Nc2ccccc2F)ccc1OCc1ccccc1Cl. The molecule has 0 saturated heterocycles. The van der Waals surface area contributed by atoms with Crippen LogP contribution in [0.5, 0.6) is 11.5 Å². The van der Waals surface area contributed by atoms with Gasteiger partial charge in [0.15, 0.2) is 11.5 Å². The summed E-state index contributed by atoms with van der Waals surface area (Å²) in [6, 6.07) is 17.9. The van der Waals surface area contributed by atoms with E-state index in [-0.39, 0.29) is 12.3 Å². The van der Waals surface area contributed by atoms with Crippen molar-refractivity contribution in [1.29, 1.82) is 0 Å². The van der Waals surface area contributed by atoms with Crippen LogP contribution in [-0.4, -0.2) is 25.1 Å². The number of halogens is 2. The topological polar surface area (TPSA) is 89.0 Å². The normalized spacial score (nSPS) is 10.6. The lowest BCUT2D eigenvalue weighted by Crippen LogP contribution is -2.32. The number of nitrogens with one attached hydrogen (secondary N) is 2. The molecule has 0 radical (unpaired) electrons. The molecule has 0 aromatic heterocycles. The Morgan fingerprint density at radius 1 is 1.03 bits per heavy atom. The number of benzene rings is 3. The fraction of sp³-hybridized carbons (Fsp3) is 0.0870. The molecule has 0 unspecified atom stereocenters. The lowest BCUT2D eigenvalue weighted by Gasteiger charge is -2.12. The van der Waals surface area contributed by atoms with Crippen molar-refractivity contribution in [3.05, 3.63) is 88.7 Å². The molecule has 2 N–H and O–H groups in total. The molecule has 7 nitrogen and oxygen atoms in total. The number of methoxy groups -OCH3 is 1. The fourth-order valence-electron chi connectivity index (χ4n) is 2.61. The van der Waals surface area contributed by atoms with E-state index in [1.54, 1.807) is 24.3 Å². The van der Waals surface area contributed by atoms with Crippen molar-refractivity contribution in [2.45, 2.75) is 6.61 Å². The second-order valence-corrected chi connectivity index (χ2v) is 6.83.